The topological polar surface area (TPSA) is 32.3 Å². The summed E-state index contributed by atoms with van der Waals surface area (Å²) in [7, 11) is 0. The number of nitrogens with one attached hydrogen (secondary N) is 1. The van der Waals surface area contributed by atoms with Crippen LogP contribution >= 0.6 is 27.3 Å². The molecule has 0 spiro atoms. The number of hydrogen-bond donors (Lipinski definition) is 2. The minimum atomic E-state index is -0.501. The van der Waals surface area contributed by atoms with Crippen LogP contribution in [0.4, 0.5) is 0 Å². The van der Waals surface area contributed by atoms with Gasteiger partial charge in [0.1, 0.15) is 0 Å². The molecule has 0 saturated heterocycles. The van der Waals surface area contributed by atoms with Crippen LogP contribution in [-0.4, -0.2) is 17.3 Å². The Morgan fingerprint density at radius 1 is 1.32 bits per heavy atom. The maximum absolute atomic E-state index is 10.6. The second-order valence-corrected chi connectivity index (χ2v) is 8.80. The summed E-state index contributed by atoms with van der Waals surface area (Å²) in [5.74, 6) is 0. The molecule has 0 aliphatic heterocycles. The van der Waals surface area contributed by atoms with E-state index in [1.165, 1.54) is 14.2 Å². The van der Waals surface area contributed by atoms with Gasteiger partial charge in [-0.3, -0.25) is 0 Å². The maximum Gasteiger partial charge on any atom is 0.0772 e. The highest BCUT2D eigenvalue weighted by molar-refractivity contribution is 9.10. The normalized spacial score (nSPS) is 21.5. The van der Waals surface area contributed by atoms with Gasteiger partial charge in [-0.2, -0.15) is 0 Å². The van der Waals surface area contributed by atoms with Gasteiger partial charge >= 0.3 is 0 Å². The summed E-state index contributed by atoms with van der Waals surface area (Å²) in [6.45, 7) is 8.27. The smallest absolute Gasteiger partial charge is 0.0772 e. The van der Waals surface area contributed by atoms with E-state index in [0.717, 1.165) is 32.2 Å². The fourth-order valence-electron chi connectivity index (χ4n) is 2.59. The molecule has 1 heterocycles. The van der Waals surface area contributed by atoms with Crippen molar-refractivity contribution < 1.29 is 5.11 Å². The first-order valence-electron chi connectivity index (χ1n) is 6.98. The highest BCUT2D eigenvalue weighted by atomic mass is 79.9. The predicted molar refractivity (Wildman–Crippen MR) is 85.7 cm³/mol. The second-order valence-electron chi connectivity index (χ2n) is 6.61. The first kappa shape index (κ1) is 15.5. The molecule has 1 aromatic heterocycles. The third-order valence-electron chi connectivity index (χ3n) is 4.20. The molecule has 19 heavy (non-hydrogen) atoms. The summed E-state index contributed by atoms with van der Waals surface area (Å²) in [5.41, 5.74) is -0.0962. The van der Waals surface area contributed by atoms with E-state index in [-0.39, 0.29) is 0 Å². The standard InChI is InChI=1S/C15H24BrNOS/c1-11-13(16)8-12(19-11)9-17-10-15(18)6-4-14(2,3)5-7-15/h8,17-18H,4-7,9-10H2,1-3H3. The molecular weight excluding hydrogens is 322 g/mol. The monoisotopic (exact) mass is 345 g/mol. The highest BCUT2D eigenvalue weighted by Gasteiger charge is 2.36. The van der Waals surface area contributed by atoms with Crippen LogP contribution in [0.5, 0.6) is 0 Å². The highest BCUT2D eigenvalue weighted by Crippen LogP contribution is 2.39. The van der Waals surface area contributed by atoms with Gasteiger partial charge in [0.05, 0.1) is 5.60 Å². The third kappa shape index (κ3) is 4.28. The Hall–Kier alpha value is 0.100. The molecule has 108 valence electrons. The lowest BCUT2D eigenvalue weighted by molar-refractivity contribution is -0.0244. The minimum absolute atomic E-state index is 0.405. The fraction of sp³-hybridized carbons (Fsp3) is 0.733. The number of rotatable bonds is 4. The molecular formula is C15H24BrNOS. The molecule has 0 radical (unpaired) electrons. The van der Waals surface area contributed by atoms with Crippen LogP contribution in [-0.2, 0) is 6.54 Å². The van der Waals surface area contributed by atoms with Crippen molar-refractivity contribution in [2.24, 2.45) is 5.41 Å². The summed E-state index contributed by atoms with van der Waals surface area (Å²) >= 11 is 5.35. The molecule has 1 aliphatic carbocycles. The van der Waals surface area contributed by atoms with Gasteiger partial charge in [-0.1, -0.05) is 13.8 Å². The van der Waals surface area contributed by atoms with Crippen LogP contribution in [0, 0.1) is 12.3 Å². The number of halogens is 1. The molecule has 2 nitrogen and oxygen atoms in total. The number of aryl methyl sites for hydroxylation is 1. The average Bonchev–Trinajstić information content (AvgIpc) is 2.64. The van der Waals surface area contributed by atoms with Crippen LogP contribution < -0.4 is 5.32 Å². The van der Waals surface area contributed by atoms with Crippen molar-refractivity contribution in [2.45, 2.75) is 58.6 Å². The van der Waals surface area contributed by atoms with Crippen molar-refractivity contribution in [2.75, 3.05) is 6.54 Å². The van der Waals surface area contributed by atoms with Gasteiger partial charge < -0.3 is 10.4 Å². The molecule has 1 aromatic rings. The summed E-state index contributed by atoms with van der Waals surface area (Å²) in [5, 5.41) is 14.0. The van der Waals surface area contributed by atoms with E-state index in [2.05, 4.69) is 48.1 Å². The van der Waals surface area contributed by atoms with E-state index in [4.69, 9.17) is 0 Å². The fourth-order valence-corrected chi connectivity index (χ4v) is 4.16. The van der Waals surface area contributed by atoms with Crippen LogP contribution in [0.15, 0.2) is 10.5 Å². The Kier molecular flexibility index (Phi) is 4.76. The van der Waals surface area contributed by atoms with Gasteiger partial charge in [0.2, 0.25) is 0 Å². The van der Waals surface area contributed by atoms with Gasteiger partial charge in [-0.05, 0) is 60.0 Å². The second kappa shape index (κ2) is 5.84. The number of hydrogen-bond acceptors (Lipinski definition) is 3. The van der Waals surface area contributed by atoms with E-state index in [0.29, 0.717) is 12.0 Å². The molecule has 1 fully saturated rings. The van der Waals surface area contributed by atoms with Crippen molar-refractivity contribution in [3.63, 3.8) is 0 Å². The number of aliphatic hydroxyl groups is 1. The Balaban J connectivity index is 1.79. The molecule has 2 N–H and O–H groups in total. The van der Waals surface area contributed by atoms with Crippen LogP contribution in [0.3, 0.4) is 0 Å². The third-order valence-corrected chi connectivity index (χ3v) is 6.33. The summed E-state index contributed by atoms with van der Waals surface area (Å²) in [6.07, 6.45) is 4.07. The molecule has 4 heteroatoms. The van der Waals surface area contributed by atoms with E-state index in [1.807, 2.05) is 11.3 Å². The molecule has 2 rings (SSSR count). The predicted octanol–water partition coefficient (Wildman–Crippen LogP) is 4.24. The van der Waals surface area contributed by atoms with Crippen molar-refractivity contribution >= 4 is 27.3 Å². The van der Waals surface area contributed by atoms with Gasteiger partial charge in [-0.25, -0.2) is 0 Å². The Morgan fingerprint density at radius 2 is 1.95 bits per heavy atom. The summed E-state index contributed by atoms with van der Waals surface area (Å²) in [6, 6.07) is 2.17. The first-order valence-corrected chi connectivity index (χ1v) is 8.59. The number of thiophene rings is 1. The molecule has 1 aliphatic rings. The van der Waals surface area contributed by atoms with Crippen molar-refractivity contribution in [3.8, 4) is 0 Å². The lowest BCUT2D eigenvalue weighted by Crippen LogP contribution is -2.44. The van der Waals surface area contributed by atoms with Crippen molar-refractivity contribution in [1.29, 1.82) is 0 Å². The zero-order valence-corrected chi connectivity index (χ0v) is 14.5. The average molecular weight is 346 g/mol. The SMILES string of the molecule is Cc1sc(CNCC2(O)CCC(C)(C)CC2)cc1Br. The molecule has 0 atom stereocenters. The zero-order chi connectivity index (χ0) is 14.1. The van der Waals surface area contributed by atoms with Gasteiger partial charge in [0, 0.05) is 27.3 Å². The Bertz CT molecular complexity index is 412. The van der Waals surface area contributed by atoms with Gasteiger partial charge in [-0.15, -0.1) is 11.3 Å². The molecule has 0 amide bonds. The van der Waals surface area contributed by atoms with Crippen LogP contribution in [0.2, 0.25) is 0 Å². The van der Waals surface area contributed by atoms with E-state index in [9.17, 15) is 5.11 Å². The molecule has 1 saturated carbocycles. The molecule has 0 aromatic carbocycles. The molecule has 0 unspecified atom stereocenters. The van der Waals surface area contributed by atoms with E-state index >= 15 is 0 Å². The zero-order valence-electron chi connectivity index (χ0n) is 12.1. The van der Waals surface area contributed by atoms with Gasteiger partial charge in [0.15, 0.2) is 0 Å². The quantitative estimate of drug-likeness (QED) is 0.855. The lowest BCUT2D eigenvalue weighted by Gasteiger charge is -2.40. The largest absolute Gasteiger partial charge is 0.389 e. The maximum atomic E-state index is 10.6. The Morgan fingerprint density at radius 3 is 2.47 bits per heavy atom. The minimum Gasteiger partial charge on any atom is -0.389 e. The summed E-state index contributed by atoms with van der Waals surface area (Å²) in [4.78, 5) is 2.64. The van der Waals surface area contributed by atoms with E-state index in [1.54, 1.807) is 0 Å². The van der Waals surface area contributed by atoms with Gasteiger partial charge in [0.25, 0.3) is 0 Å². The van der Waals surface area contributed by atoms with Crippen LogP contribution in [0.1, 0.15) is 49.3 Å². The lowest BCUT2D eigenvalue weighted by atomic mass is 9.71. The van der Waals surface area contributed by atoms with Crippen molar-refractivity contribution in [1.82, 2.24) is 5.32 Å². The Labute approximate surface area is 128 Å². The molecule has 0 bridgehead atoms. The summed E-state index contributed by atoms with van der Waals surface area (Å²) < 4.78 is 1.19. The van der Waals surface area contributed by atoms with E-state index < -0.39 is 5.60 Å². The first-order chi connectivity index (χ1) is 8.80. The van der Waals surface area contributed by atoms with Crippen molar-refractivity contribution in [3.05, 3.63) is 20.3 Å². The van der Waals surface area contributed by atoms with Crippen LogP contribution in [0.25, 0.3) is 0 Å².